The minimum absolute atomic E-state index is 0.00775. The highest BCUT2D eigenvalue weighted by Gasteiger charge is 2.26. The fraction of sp³-hybridized carbons (Fsp3) is 0.765. The second kappa shape index (κ2) is 9.03. The fourth-order valence-corrected chi connectivity index (χ4v) is 3.30. The van der Waals surface area contributed by atoms with Crippen LogP contribution in [0.25, 0.3) is 0 Å². The molecular formula is C17H28N4O3. The van der Waals surface area contributed by atoms with Crippen molar-refractivity contribution in [2.24, 2.45) is 0 Å². The lowest BCUT2D eigenvalue weighted by Crippen LogP contribution is -2.47. The van der Waals surface area contributed by atoms with E-state index in [9.17, 15) is 4.79 Å². The van der Waals surface area contributed by atoms with Gasteiger partial charge >= 0.3 is 6.03 Å². The molecule has 0 radical (unpaired) electrons. The maximum absolute atomic E-state index is 12.6. The number of aryl methyl sites for hydroxylation is 1. The number of amides is 2. The molecule has 1 aromatic rings. The fourth-order valence-electron chi connectivity index (χ4n) is 3.30. The summed E-state index contributed by atoms with van der Waals surface area (Å²) in [6.45, 7) is 4.46. The van der Waals surface area contributed by atoms with Crippen molar-refractivity contribution in [3.63, 3.8) is 0 Å². The molecule has 7 nitrogen and oxygen atoms in total. The van der Waals surface area contributed by atoms with Crippen LogP contribution in [0.4, 0.5) is 4.79 Å². The van der Waals surface area contributed by atoms with Gasteiger partial charge in [0, 0.05) is 51.8 Å². The van der Waals surface area contributed by atoms with Gasteiger partial charge in [-0.1, -0.05) is 0 Å². The molecule has 24 heavy (non-hydrogen) atoms. The van der Waals surface area contributed by atoms with Gasteiger partial charge in [0.15, 0.2) is 0 Å². The maximum atomic E-state index is 12.6. The Kier molecular flexibility index (Phi) is 6.48. The van der Waals surface area contributed by atoms with Crippen LogP contribution in [-0.2, 0) is 16.0 Å². The summed E-state index contributed by atoms with van der Waals surface area (Å²) in [6.07, 6.45) is 11.0. The van der Waals surface area contributed by atoms with E-state index in [0.717, 1.165) is 51.9 Å². The second-order valence-electron chi connectivity index (χ2n) is 6.56. The Morgan fingerprint density at radius 3 is 2.46 bits per heavy atom. The number of hydrogen-bond acceptors (Lipinski definition) is 4. The molecule has 3 heterocycles. The Balaban J connectivity index is 1.43. The summed E-state index contributed by atoms with van der Waals surface area (Å²) in [5.41, 5.74) is 0. The first kappa shape index (κ1) is 17.2. The minimum atomic E-state index is -0.00775. The molecule has 3 rings (SSSR count). The number of imidazole rings is 1. The lowest BCUT2D eigenvalue weighted by molar-refractivity contribution is 0.0499. The van der Waals surface area contributed by atoms with Crippen molar-refractivity contribution in [3.8, 4) is 0 Å². The van der Waals surface area contributed by atoms with Crippen LogP contribution in [0.15, 0.2) is 18.7 Å². The van der Waals surface area contributed by atoms with E-state index in [0.29, 0.717) is 19.6 Å². The average molecular weight is 336 g/mol. The number of hydrogen-bond donors (Lipinski definition) is 1. The molecule has 2 saturated heterocycles. The van der Waals surface area contributed by atoms with Crippen LogP contribution in [0.2, 0.25) is 0 Å². The average Bonchev–Trinajstić information content (AvgIpc) is 3.33. The van der Waals surface area contributed by atoms with Crippen molar-refractivity contribution in [1.29, 1.82) is 0 Å². The highest BCUT2D eigenvalue weighted by molar-refractivity contribution is 5.74. The highest BCUT2D eigenvalue weighted by atomic mass is 16.5. The summed E-state index contributed by atoms with van der Waals surface area (Å²) in [5.74, 6) is 0. The van der Waals surface area contributed by atoms with Gasteiger partial charge in [0.2, 0.25) is 0 Å². The molecule has 0 unspecified atom stereocenters. The Hall–Kier alpha value is -1.60. The molecule has 1 N–H and O–H groups in total. The summed E-state index contributed by atoms with van der Waals surface area (Å²) >= 11 is 0. The van der Waals surface area contributed by atoms with Gasteiger partial charge in [0.05, 0.1) is 18.5 Å². The monoisotopic (exact) mass is 336 g/mol. The molecule has 7 heteroatoms. The first-order valence-electron chi connectivity index (χ1n) is 9.03. The van der Waals surface area contributed by atoms with Gasteiger partial charge in [0.1, 0.15) is 0 Å². The molecule has 0 spiro atoms. The zero-order valence-electron chi connectivity index (χ0n) is 14.2. The van der Waals surface area contributed by atoms with Crippen LogP contribution >= 0.6 is 0 Å². The number of carbonyl (C=O) groups is 1. The predicted molar refractivity (Wildman–Crippen MR) is 89.8 cm³/mol. The largest absolute Gasteiger partial charge is 0.376 e. The lowest BCUT2D eigenvalue weighted by atomic mass is 10.2. The van der Waals surface area contributed by atoms with E-state index < -0.39 is 0 Å². The van der Waals surface area contributed by atoms with Crippen LogP contribution < -0.4 is 5.32 Å². The summed E-state index contributed by atoms with van der Waals surface area (Å²) < 4.78 is 13.4. The quantitative estimate of drug-likeness (QED) is 0.733. The Bertz CT molecular complexity index is 464. The minimum Gasteiger partial charge on any atom is -0.376 e. The topological polar surface area (TPSA) is 68.6 Å². The lowest BCUT2D eigenvalue weighted by Gasteiger charge is -2.28. The number of aromatic nitrogens is 2. The smallest absolute Gasteiger partial charge is 0.317 e. The van der Waals surface area contributed by atoms with E-state index in [1.165, 1.54) is 0 Å². The van der Waals surface area contributed by atoms with Gasteiger partial charge in [-0.15, -0.1) is 0 Å². The standard InChI is InChI=1S/C17H28N4O3/c22-17(19-6-3-8-20-9-7-18-14-20)21(12-15-4-1-10-23-15)13-16-5-2-11-24-16/h7,9,14-16H,1-6,8,10-13H2,(H,19,22)/t15-,16-/m1/s1. The number of carbonyl (C=O) groups excluding carboxylic acids is 1. The molecular weight excluding hydrogens is 308 g/mol. The zero-order valence-corrected chi connectivity index (χ0v) is 14.2. The third kappa shape index (κ3) is 5.21. The predicted octanol–water partition coefficient (Wildman–Crippen LogP) is 1.64. The molecule has 134 valence electrons. The Labute approximate surface area is 143 Å². The summed E-state index contributed by atoms with van der Waals surface area (Å²) in [5, 5.41) is 3.04. The van der Waals surface area contributed by atoms with Gasteiger partial charge < -0.3 is 24.3 Å². The van der Waals surface area contributed by atoms with Crippen molar-refractivity contribution >= 4 is 6.03 Å². The van der Waals surface area contributed by atoms with E-state index >= 15 is 0 Å². The molecule has 2 aliphatic rings. The van der Waals surface area contributed by atoms with Crippen molar-refractivity contribution in [2.45, 2.75) is 50.9 Å². The van der Waals surface area contributed by atoms with Crippen molar-refractivity contribution in [2.75, 3.05) is 32.8 Å². The summed E-state index contributed by atoms with van der Waals surface area (Å²) in [6, 6.07) is -0.00775. The number of nitrogens with one attached hydrogen (secondary N) is 1. The molecule has 0 saturated carbocycles. The SMILES string of the molecule is O=C(NCCCn1ccnc1)N(C[C@H]1CCCO1)C[C@H]1CCCO1. The third-order valence-electron chi connectivity index (χ3n) is 4.61. The molecule has 2 fully saturated rings. The van der Waals surface area contributed by atoms with Gasteiger partial charge in [-0.25, -0.2) is 9.78 Å². The normalized spacial score (nSPS) is 23.5. The van der Waals surface area contributed by atoms with Crippen LogP contribution in [-0.4, -0.2) is 65.5 Å². The van der Waals surface area contributed by atoms with Crippen molar-refractivity contribution in [1.82, 2.24) is 19.8 Å². The number of rotatable bonds is 8. The van der Waals surface area contributed by atoms with Crippen LogP contribution in [0.5, 0.6) is 0 Å². The van der Waals surface area contributed by atoms with Crippen LogP contribution in [0.1, 0.15) is 32.1 Å². The molecule has 2 amide bonds. The Morgan fingerprint density at radius 2 is 1.92 bits per heavy atom. The molecule has 0 aromatic carbocycles. The van der Waals surface area contributed by atoms with Gasteiger partial charge in [-0.3, -0.25) is 0 Å². The van der Waals surface area contributed by atoms with E-state index in [1.807, 2.05) is 15.7 Å². The summed E-state index contributed by atoms with van der Waals surface area (Å²) in [4.78, 5) is 18.5. The molecule has 0 bridgehead atoms. The van der Waals surface area contributed by atoms with E-state index in [1.54, 1.807) is 12.5 Å². The number of urea groups is 1. The van der Waals surface area contributed by atoms with E-state index in [-0.39, 0.29) is 18.2 Å². The number of ether oxygens (including phenoxy) is 2. The second-order valence-corrected chi connectivity index (χ2v) is 6.56. The Morgan fingerprint density at radius 1 is 1.21 bits per heavy atom. The van der Waals surface area contributed by atoms with Gasteiger partial charge in [-0.05, 0) is 32.1 Å². The van der Waals surface area contributed by atoms with Crippen LogP contribution in [0, 0.1) is 0 Å². The number of nitrogens with zero attached hydrogens (tertiary/aromatic N) is 3. The van der Waals surface area contributed by atoms with Gasteiger partial charge in [0.25, 0.3) is 0 Å². The molecule has 0 aliphatic carbocycles. The first-order chi connectivity index (χ1) is 11.8. The summed E-state index contributed by atoms with van der Waals surface area (Å²) in [7, 11) is 0. The molecule has 2 atom stereocenters. The van der Waals surface area contributed by atoms with Crippen LogP contribution in [0.3, 0.4) is 0 Å². The highest BCUT2D eigenvalue weighted by Crippen LogP contribution is 2.17. The van der Waals surface area contributed by atoms with Gasteiger partial charge in [-0.2, -0.15) is 0 Å². The van der Waals surface area contributed by atoms with Crippen molar-refractivity contribution in [3.05, 3.63) is 18.7 Å². The zero-order chi connectivity index (χ0) is 16.6. The van der Waals surface area contributed by atoms with E-state index in [4.69, 9.17) is 9.47 Å². The van der Waals surface area contributed by atoms with E-state index in [2.05, 4.69) is 10.3 Å². The molecule has 2 aliphatic heterocycles. The van der Waals surface area contributed by atoms with Crippen molar-refractivity contribution < 1.29 is 14.3 Å². The molecule has 1 aromatic heterocycles. The first-order valence-corrected chi connectivity index (χ1v) is 9.03. The maximum Gasteiger partial charge on any atom is 0.317 e. The third-order valence-corrected chi connectivity index (χ3v) is 4.61.